The predicted octanol–water partition coefficient (Wildman–Crippen LogP) is -0.834. The van der Waals surface area contributed by atoms with E-state index in [1.54, 1.807) is 0 Å². The predicted molar refractivity (Wildman–Crippen MR) is 39.0 cm³/mol. The smallest absolute Gasteiger partial charge is 0.173 e. The Balaban J connectivity index is 0. The number of allylic oxidation sites excluding steroid dienone is 1. The van der Waals surface area contributed by atoms with Crippen LogP contribution in [0.25, 0.3) is 0 Å². The molecule has 0 aliphatic carbocycles. The molecule has 58 valence electrons. The Morgan fingerprint density at radius 1 is 1.60 bits per heavy atom. The molecule has 0 aliphatic heterocycles. The van der Waals surface area contributed by atoms with Crippen LogP contribution in [0.4, 0.5) is 0 Å². The summed E-state index contributed by atoms with van der Waals surface area (Å²) in [6.07, 6.45) is 0.896. The molecule has 0 amide bonds. The van der Waals surface area contributed by atoms with E-state index in [1.165, 1.54) is 0 Å². The quantitative estimate of drug-likeness (QED) is 0.323. The second kappa shape index (κ2) is 5.01. The molecule has 0 aromatic carbocycles. The van der Waals surface area contributed by atoms with Crippen molar-refractivity contribution >= 4 is 24.4 Å². The summed E-state index contributed by atoms with van der Waals surface area (Å²) in [5.74, 6) is -2.15. The van der Waals surface area contributed by atoms with E-state index in [2.05, 4.69) is 19.2 Å². The summed E-state index contributed by atoms with van der Waals surface area (Å²) in [7, 11) is 0. The minimum absolute atomic E-state index is 0. The van der Waals surface area contributed by atoms with Gasteiger partial charge < -0.3 is 16.1 Å². The van der Waals surface area contributed by atoms with Crippen molar-refractivity contribution in [3.05, 3.63) is 12.7 Å². The van der Waals surface area contributed by atoms with E-state index >= 15 is 0 Å². The van der Waals surface area contributed by atoms with Gasteiger partial charge in [0.05, 0.1) is 5.97 Å². The van der Waals surface area contributed by atoms with Crippen LogP contribution in [0, 0.1) is 0 Å². The van der Waals surface area contributed by atoms with Crippen molar-refractivity contribution in [1.82, 2.24) is 6.15 Å². The third kappa shape index (κ3) is 3.26. The van der Waals surface area contributed by atoms with Gasteiger partial charge in [0.15, 0.2) is 5.78 Å². The minimum Gasteiger partial charge on any atom is -0.548 e. The number of carboxylic acid groups (broad SMARTS) is 1. The summed E-state index contributed by atoms with van der Waals surface area (Å²) in [4.78, 5) is 20.2. The van der Waals surface area contributed by atoms with Crippen molar-refractivity contribution in [2.24, 2.45) is 0 Å². The maximum atomic E-state index is 10.3. The second-order valence-corrected chi connectivity index (χ2v) is 1.84. The molecule has 10 heavy (non-hydrogen) atoms. The van der Waals surface area contributed by atoms with Gasteiger partial charge >= 0.3 is 0 Å². The monoisotopic (exact) mass is 163 g/mol. The van der Waals surface area contributed by atoms with Crippen LogP contribution in [0.1, 0.15) is 0 Å². The lowest BCUT2D eigenvalue weighted by Gasteiger charge is -2.05. The first-order valence-corrected chi connectivity index (χ1v) is 2.66. The van der Waals surface area contributed by atoms with Crippen LogP contribution in [-0.4, -0.2) is 17.0 Å². The van der Waals surface area contributed by atoms with E-state index in [4.69, 9.17) is 0 Å². The van der Waals surface area contributed by atoms with Crippen LogP contribution in [-0.2, 0) is 9.59 Å². The molecule has 0 saturated heterocycles. The zero-order valence-corrected chi connectivity index (χ0v) is 6.43. The Bertz CT molecular complexity index is 157. The molecule has 5 heteroatoms. The molecule has 4 N–H and O–H groups in total. The highest BCUT2D eigenvalue weighted by molar-refractivity contribution is 7.82. The number of carbonyl (C=O) groups is 2. The molecule has 4 nitrogen and oxygen atoms in total. The molecule has 0 heterocycles. The fourth-order valence-corrected chi connectivity index (χ4v) is 0.333. The van der Waals surface area contributed by atoms with Gasteiger partial charge in [-0.25, -0.2) is 0 Å². The number of carboxylic acids is 1. The Hall–Kier alpha value is -0.810. The number of rotatable bonds is 3. The van der Waals surface area contributed by atoms with Gasteiger partial charge in [-0.05, 0) is 6.08 Å². The van der Waals surface area contributed by atoms with Gasteiger partial charge in [0, 0.05) is 0 Å². The molecule has 0 rings (SSSR count). The van der Waals surface area contributed by atoms with Crippen LogP contribution in [0.5, 0.6) is 0 Å². The lowest BCUT2D eigenvalue weighted by atomic mass is 10.3. The third-order valence-corrected chi connectivity index (χ3v) is 1.16. The minimum atomic E-state index is -1.50. The average Bonchev–Trinajstić information content (AvgIpc) is 1.84. The Morgan fingerprint density at radius 2 is 2.00 bits per heavy atom. The van der Waals surface area contributed by atoms with Gasteiger partial charge in [-0.2, -0.15) is 12.6 Å². The molecule has 0 bridgehead atoms. The molecule has 1 unspecified atom stereocenters. The van der Waals surface area contributed by atoms with E-state index in [0.29, 0.717) is 0 Å². The number of hydrogen-bond donors (Lipinski definition) is 2. The fraction of sp³-hybridized carbons (Fsp3) is 0.200. The number of hydrogen-bond acceptors (Lipinski definition) is 4. The van der Waals surface area contributed by atoms with Gasteiger partial charge in [0.25, 0.3) is 0 Å². The van der Waals surface area contributed by atoms with Gasteiger partial charge in [-0.15, -0.1) is 0 Å². The molecular weight excluding hydrogens is 154 g/mol. The summed E-state index contributed by atoms with van der Waals surface area (Å²) in [5.41, 5.74) is 0. The summed E-state index contributed by atoms with van der Waals surface area (Å²) < 4.78 is 0. The average molecular weight is 163 g/mol. The first kappa shape index (κ1) is 11.9. The van der Waals surface area contributed by atoms with Crippen LogP contribution >= 0.6 is 12.6 Å². The molecule has 0 aromatic heterocycles. The lowest BCUT2D eigenvalue weighted by Crippen LogP contribution is -2.36. The van der Waals surface area contributed by atoms with E-state index in [0.717, 1.165) is 6.08 Å². The highest BCUT2D eigenvalue weighted by Crippen LogP contribution is 1.94. The fourth-order valence-electron chi connectivity index (χ4n) is 0.228. The van der Waals surface area contributed by atoms with Crippen molar-refractivity contribution < 1.29 is 14.7 Å². The molecular formula is C5H9NO3S. The SMILES string of the molecule is C=CC(=O)C(S)C(=O)[O-].[NH4+]. The Labute approximate surface area is 63.9 Å². The van der Waals surface area contributed by atoms with Gasteiger partial charge in [-0.1, -0.05) is 6.58 Å². The van der Waals surface area contributed by atoms with Gasteiger partial charge in [0.1, 0.15) is 5.25 Å². The zero-order chi connectivity index (χ0) is 7.44. The Kier molecular flexibility index (Phi) is 5.98. The van der Waals surface area contributed by atoms with E-state index in [1.807, 2.05) is 0 Å². The second-order valence-electron chi connectivity index (χ2n) is 1.33. The van der Waals surface area contributed by atoms with Crippen molar-refractivity contribution in [2.45, 2.75) is 5.25 Å². The van der Waals surface area contributed by atoms with E-state index < -0.39 is 17.0 Å². The van der Waals surface area contributed by atoms with Crippen molar-refractivity contribution in [2.75, 3.05) is 0 Å². The third-order valence-electron chi connectivity index (χ3n) is 0.694. The highest BCUT2D eigenvalue weighted by Gasteiger charge is 2.09. The van der Waals surface area contributed by atoms with Crippen molar-refractivity contribution in [3.63, 3.8) is 0 Å². The number of thiol groups is 1. The molecule has 0 saturated carbocycles. The van der Waals surface area contributed by atoms with Crippen molar-refractivity contribution in [3.8, 4) is 0 Å². The molecule has 0 aromatic rings. The normalized spacial score (nSPS) is 10.9. The first-order chi connectivity index (χ1) is 4.09. The summed E-state index contributed by atoms with van der Waals surface area (Å²) in [6, 6.07) is 0. The standard InChI is InChI=1S/C5H6O3S.H3N/c1-2-3(6)4(9)5(7)8;/h2,4,9H,1H2,(H,7,8);1H3. The lowest BCUT2D eigenvalue weighted by molar-refractivity contribution is -0.303. The van der Waals surface area contributed by atoms with E-state index in [-0.39, 0.29) is 6.15 Å². The largest absolute Gasteiger partial charge is 0.548 e. The number of aliphatic carboxylic acids is 1. The number of carbonyl (C=O) groups excluding carboxylic acids is 2. The topological polar surface area (TPSA) is 93.7 Å². The van der Waals surface area contributed by atoms with Crippen LogP contribution < -0.4 is 11.3 Å². The summed E-state index contributed by atoms with van der Waals surface area (Å²) >= 11 is 3.42. The van der Waals surface area contributed by atoms with Crippen LogP contribution in [0.3, 0.4) is 0 Å². The van der Waals surface area contributed by atoms with Crippen molar-refractivity contribution in [1.29, 1.82) is 0 Å². The maximum absolute atomic E-state index is 10.3. The Morgan fingerprint density at radius 3 is 2.10 bits per heavy atom. The maximum Gasteiger partial charge on any atom is 0.173 e. The number of quaternary nitrogens is 1. The van der Waals surface area contributed by atoms with Crippen LogP contribution in [0.15, 0.2) is 12.7 Å². The summed E-state index contributed by atoms with van der Waals surface area (Å²) in [5, 5.41) is 8.47. The van der Waals surface area contributed by atoms with Gasteiger partial charge in [0.2, 0.25) is 0 Å². The molecule has 0 aliphatic rings. The highest BCUT2D eigenvalue weighted by atomic mass is 32.1. The number of ketones is 1. The molecule has 0 radical (unpaired) electrons. The summed E-state index contributed by atoms with van der Waals surface area (Å²) in [6.45, 7) is 3.07. The van der Waals surface area contributed by atoms with E-state index in [9.17, 15) is 14.7 Å². The van der Waals surface area contributed by atoms with Gasteiger partial charge in [-0.3, -0.25) is 4.79 Å². The molecule has 0 fully saturated rings. The first-order valence-electron chi connectivity index (χ1n) is 2.14. The molecule has 1 atom stereocenters. The zero-order valence-electron chi connectivity index (χ0n) is 5.53. The molecule has 0 spiro atoms. The van der Waals surface area contributed by atoms with Crippen LogP contribution in [0.2, 0.25) is 0 Å².